The Bertz CT molecular complexity index is 902. The molecule has 0 radical (unpaired) electrons. The molecule has 0 fully saturated rings. The van der Waals surface area contributed by atoms with Crippen molar-refractivity contribution in [1.29, 1.82) is 0 Å². The van der Waals surface area contributed by atoms with Crippen LogP contribution >= 0.6 is 24.0 Å². The van der Waals surface area contributed by atoms with Crippen LogP contribution in [0.5, 0.6) is 5.75 Å². The minimum atomic E-state index is 0. The van der Waals surface area contributed by atoms with E-state index in [0.717, 1.165) is 29.2 Å². The van der Waals surface area contributed by atoms with Crippen molar-refractivity contribution in [2.24, 2.45) is 4.99 Å². The van der Waals surface area contributed by atoms with Gasteiger partial charge in [-0.1, -0.05) is 53.7 Å². The van der Waals surface area contributed by atoms with Gasteiger partial charge < -0.3 is 19.9 Å². The average molecular weight is 490 g/mol. The van der Waals surface area contributed by atoms with E-state index in [9.17, 15) is 0 Å². The number of nitrogens with one attached hydrogen (secondary N) is 2. The Morgan fingerprint density at radius 3 is 2.68 bits per heavy atom. The van der Waals surface area contributed by atoms with Gasteiger partial charge >= 0.3 is 0 Å². The Morgan fingerprint density at radius 2 is 1.89 bits per heavy atom. The molecule has 0 bridgehead atoms. The van der Waals surface area contributed by atoms with E-state index in [1.165, 1.54) is 5.56 Å². The van der Waals surface area contributed by atoms with Crippen LogP contribution in [0.1, 0.15) is 11.3 Å². The van der Waals surface area contributed by atoms with E-state index in [-0.39, 0.29) is 30.1 Å². The quantitative estimate of drug-likeness (QED) is 0.325. The highest BCUT2D eigenvalue weighted by atomic mass is 127. The highest BCUT2D eigenvalue weighted by Crippen LogP contribution is 2.27. The Kier molecular flexibility index (Phi) is 6.91. The molecule has 2 N–H and O–H groups in total. The molecule has 1 aliphatic heterocycles. The molecule has 0 saturated heterocycles. The first-order chi connectivity index (χ1) is 13.3. The molecule has 0 amide bonds. The van der Waals surface area contributed by atoms with Crippen LogP contribution in [-0.4, -0.2) is 30.8 Å². The molecule has 0 aliphatic carbocycles. The summed E-state index contributed by atoms with van der Waals surface area (Å²) in [6.45, 7) is 1.21. The van der Waals surface area contributed by atoms with Gasteiger partial charge in [0.05, 0.1) is 13.1 Å². The minimum Gasteiger partial charge on any atom is -0.488 e. The molecule has 1 atom stereocenters. The SMILES string of the molecule is CN=C(NCc1cc(-c2ccccc2)on1)NCC1Cc2ccccc2O1.I. The van der Waals surface area contributed by atoms with E-state index < -0.39 is 0 Å². The molecule has 4 rings (SSSR count). The number of halogens is 1. The number of hydrogen-bond donors (Lipinski definition) is 2. The summed E-state index contributed by atoms with van der Waals surface area (Å²) < 4.78 is 11.4. The van der Waals surface area contributed by atoms with E-state index in [1.807, 2.05) is 54.6 Å². The number of para-hydroxylation sites is 1. The summed E-state index contributed by atoms with van der Waals surface area (Å²) in [4.78, 5) is 4.26. The topological polar surface area (TPSA) is 71.7 Å². The number of aliphatic imine (C=N–C) groups is 1. The average Bonchev–Trinajstić information content (AvgIpc) is 3.35. The van der Waals surface area contributed by atoms with Crippen molar-refractivity contribution in [3.8, 4) is 17.1 Å². The van der Waals surface area contributed by atoms with Gasteiger partial charge in [-0.2, -0.15) is 0 Å². The number of nitrogens with zero attached hydrogens (tertiary/aromatic N) is 2. The lowest BCUT2D eigenvalue weighted by Crippen LogP contribution is -2.42. The van der Waals surface area contributed by atoms with E-state index in [0.29, 0.717) is 19.0 Å². The Hall–Kier alpha value is -2.55. The van der Waals surface area contributed by atoms with Gasteiger partial charge in [-0.25, -0.2) is 0 Å². The number of rotatable bonds is 5. The zero-order valence-electron chi connectivity index (χ0n) is 15.6. The molecule has 2 heterocycles. The molecule has 7 heteroatoms. The summed E-state index contributed by atoms with van der Waals surface area (Å²) >= 11 is 0. The van der Waals surface area contributed by atoms with E-state index in [4.69, 9.17) is 9.26 Å². The normalized spacial score (nSPS) is 15.3. The maximum Gasteiger partial charge on any atom is 0.191 e. The zero-order chi connectivity index (χ0) is 18.5. The third kappa shape index (κ3) is 4.83. The van der Waals surface area contributed by atoms with Gasteiger partial charge in [-0.3, -0.25) is 4.99 Å². The van der Waals surface area contributed by atoms with Crippen LogP contribution in [-0.2, 0) is 13.0 Å². The summed E-state index contributed by atoms with van der Waals surface area (Å²) in [7, 11) is 1.75. The van der Waals surface area contributed by atoms with Gasteiger partial charge in [-0.05, 0) is 11.6 Å². The van der Waals surface area contributed by atoms with Crippen molar-refractivity contribution in [2.75, 3.05) is 13.6 Å². The third-order valence-corrected chi connectivity index (χ3v) is 4.49. The first kappa shape index (κ1) is 20.2. The number of hydrogen-bond acceptors (Lipinski definition) is 4. The lowest BCUT2D eigenvalue weighted by atomic mass is 10.1. The standard InChI is InChI=1S/C21H22N4O2.HI/c1-22-21(24-14-18-11-16-9-5-6-10-19(16)26-18)23-13-17-12-20(27-25-17)15-7-3-2-4-8-15;/h2-10,12,18H,11,13-14H2,1H3,(H2,22,23,24);1H. The van der Waals surface area contributed by atoms with Crippen LogP contribution in [0.4, 0.5) is 0 Å². The first-order valence-electron chi connectivity index (χ1n) is 9.02. The van der Waals surface area contributed by atoms with Gasteiger partial charge in [-0.15, -0.1) is 24.0 Å². The molecule has 6 nitrogen and oxygen atoms in total. The minimum absolute atomic E-state index is 0. The predicted octanol–water partition coefficient (Wildman–Crippen LogP) is 3.63. The second kappa shape index (κ2) is 9.59. The molecule has 0 saturated carbocycles. The second-order valence-corrected chi connectivity index (χ2v) is 6.41. The maximum absolute atomic E-state index is 5.94. The van der Waals surface area contributed by atoms with Crippen LogP contribution in [0.3, 0.4) is 0 Å². The molecule has 0 spiro atoms. The smallest absolute Gasteiger partial charge is 0.191 e. The van der Waals surface area contributed by atoms with Crippen molar-refractivity contribution >= 4 is 29.9 Å². The van der Waals surface area contributed by atoms with Gasteiger partial charge in [0, 0.05) is 25.1 Å². The lowest BCUT2D eigenvalue weighted by molar-refractivity contribution is 0.235. The third-order valence-electron chi connectivity index (χ3n) is 4.49. The summed E-state index contributed by atoms with van der Waals surface area (Å²) in [6.07, 6.45) is 1.02. The molecule has 1 unspecified atom stereocenters. The largest absolute Gasteiger partial charge is 0.488 e. The van der Waals surface area contributed by atoms with Crippen LogP contribution in [0.2, 0.25) is 0 Å². The van der Waals surface area contributed by atoms with Crippen molar-refractivity contribution in [1.82, 2.24) is 15.8 Å². The number of ether oxygens (including phenoxy) is 1. The Morgan fingerprint density at radius 1 is 1.11 bits per heavy atom. The van der Waals surface area contributed by atoms with Crippen molar-refractivity contribution in [3.05, 3.63) is 71.9 Å². The molecular weight excluding hydrogens is 467 g/mol. The molecule has 1 aromatic heterocycles. The summed E-state index contributed by atoms with van der Waals surface area (Å²) in [5.74, 6) is 2.44. The maximum atomic E-state index is 5.94. The molecular formula is C21H23IN4O2. The van der Waals surface area contributed by atoms with Crippen molar-refractivity contribution in [2.45, 2.75) is 19.1 Å². The van der Waals surface area contributed by atoms with E-state index in [2.05, 4.69) is 26.8 Å². The summed E-state index contributed by atoms with van der Waals surface area (Å²) in [5, 5.41) is 10.7. The van der Waals surface area contributed by atoms with E-state index >= 15 is 0 Å². The monoisotopic (exact) mass is 490 g/mol. The van der Waals surface area contributed by atoms with Crippen LogP contribution in [0, 0.1) is 0 Å². The molecule has 146 valence electrons. The van der Waals surface area contributed by atoms with Crippen molar-refractivity contribution < 1.29 is 9.26 Å². The number of benzene rings is 2. The molecule has 2 aromatic carbocycles. The lowest BCUT2D eigenvalue weighted by Gasteiger charge is -2.15. The number of aromatic nitrogens is 1. The fraction of sp³-hybridized carbons (Fsp3) is 0.238. The molecule has 3 aromatic rings. The fourth-order valence-corrected chi connectivity index (χ4v) is 3.11. The first-order valence-corrected chi connectivity index (χ1v) is 9.02. The van der Waals surface area contributed by atoms with Crippen LogP contribution in [0.25, 0.3) is 11.3 Å². The van der Waals surface area contributed by atoms with Crippen LogP contribution < -0.4 is 15.4 Å². The summed E-state index contributed by atoms with van der Waals surface area (Å²) in [6, 6.07) is 20.0. The zero-order valence-corrected chi connectivity index (χ0v) is 17.9. The molecule has 1 aliphatic rings. The Labute approximate surface area is 181 Å². The number of fused-ring (bicyclic) bond motifs is 1. The Balaban J connectivity index is 0.00000225. The fourth-order valence-electron chi connectivity index (χ4n) is 3.11. The molecule has 28 heavy (non-hydrogen) atoms. The summed E-state index contributed by atoms with van der Waals surface area (Å²) in [5.41, 5.74) is 3.08. The second-order valence-electron chi connectivity index (χ2n) is 6.41. The predicted molar refractivity (Wildman–Crippen MR) is 120 cm³/mol. The van der Waals surface area contributed by atoms with Gasteiger partial charge in [0.2, 0.25) is 0 Å². The highest BCUT2D eigenvalue weighted by molar-refractivity contribution is 14.0. The van der Waals surface area contributed by atoms with Gasteiger partial charge in [0.25, 0.3) is 0 Å². The van der Waals surface area contributed by atoms with E-state index in [1.54, 1.807) is 7.05 Å². The number of guanidine groups is 1. The van der Waals surface area contributed by atoms with Gasteiger partial charge in [0.15, 0.2) is 11.7 Å². The van der Waals surface area contributed by atoms with Gasteiger partial charge in [0.1, 0.15) is 17.5 Å². The van der Waals surface area contributed by atoms with Crippen molar-refractivity contribution in [3.63, 3.8) is 0 Å². The van der Waals surface area contributed by atoms with Crippen LogP contribution in [0.15, 0.2) is 70.2 Å². The highest BCUT2D eigenvalue weighted by Gasteiger charge is 2.22.